The number of benzene rings is 2. The van der Waals surface area contributed by atoms with Gasteiger partial charge in [0, 0.05) is 15.2 Å². The number of rotatable bonds is 2. The minimum absolute atomic E-state index is 0.110. The second-order valence-corrected chi connectivity index (χ2v) is 7.04. The third kappa shape index (κ3) is 2.37. The molecule has 2 heterocycles. The lowest BCUT2D eigenvalue weighted by Crippen LogP contribution is -2.05. The highest BCUT2D eigenvalue weighted by Gasteiger charge is 2.41. The molecule has 2 atom stereocenters. The van der Waals surface area contributed by atoms with Crippen LogP contribution in [0.15, 0.2) is 66.7 Å². The molecule has 1 saturated heterocycles. The van der Waals surface area contributed by atoms with Crippen molar-refractivity contribution in [2.24, 2.45) is 0 Å². The molecule has 2 unspecified atom stereocenters. The molecular weight excluding hydrogens is 304 g/mol. The quantitative estimate of drug-likeness (QED) is 0.482. The number of carbonyl (C=O) groups is 1. The van der Waals surface area contributed by atoms with E-state index in [1.807, 2.05) is 37.3 Å². The molecule has 1 fully saturated rings. The average molecular weight is 320 g/mol. The second-order valence-electron chi connectivity index (χ2n) is 5.93. The Hall–Kier alpha value is -2.39. The number of thiophene rings is 1. The zero-order valence-corrected chi connectivity index (χ0v) is 13.6. The third-order valence-corrected chi connectivity index (χ3v) is 5.50. The van der Waals surface area contributed by atoms with Crippen LogP contribution in [0.3, 0.4) is 0 Å². The van der Waals surface area contributed by atoms with E-state index in [0.717, 1.165) is 16.0 Å². The van der Waals surface area contributed by atoms with Gasteiger partial charge in [-0.3, -0.25) is 0 Å². The van der Waals surface area contributed by atoms with Crippen molar-refractivity contribution in [1.29, 1.82) is 0 Å². The number of fused-ring (bicyclic) bond motifs is 1. The minimum atomic E-state index is -0.293. The molecular formula is C20H16O2S. The van der Waals surface area contributed by atoms with Crippen LogP contribution in [0.5, 0.6) is 0 Å². The van der Waals surface area contributed by atoms with Crippen molar-refractivity contribution in [2.75, 3.05) is 0 Å². The Kier molecular flexibility index (Phi) is 3.31. The first-order valence-corrected chi connectivity index (χ1v) is 8.40. The van der Waals surface area contributed by atoms with E-state index >= 15 is 0 Å². The van der Waals surface area contributed by atoms with Crippen LogP contribution in [0.4, 0.5) is 0 Å². The van der Waals surface area contributed by atoms with Gasteiger partial charge in [0.1, 0.15) is 6.10 Å². The monoisotopic (exact) mass is 320 g/mol. The maximum absolute atomic E-state index is 12.1. The van der Waals surface area contributed by atoms with E-state index in [9.17, 15) is 4.79 Å². The molecule has 4 rings (SSSR count). The van der Waals surface area contributed by atoms with E-state index in [1.165, 1.54) is 10.1 Å². The molecule has 1 aromatic heterocycles. The molecule has 0 radical (unpaired) electrons. The van der Waals surface area contributed by atoms with E-state index < -0.39 is 0 Å². The van der Waals surface area contributed by atoms with Gasteiger partial charge in [-0.25, -0.2) is 4.79 Å². The van der Waals surface area contributed by atoms with Crippen LogP contribution in [-0.4, -0.2) is 5.97 Å². The summed E-state index contributed by atoms with van der Waals surface area (Å²) >= 11 is 1.71. The zero-order valence-electron chi connectivity index (χ0n) is 12.8. The van der Waals surface area contributed by atoms with Crippen molar-refractivity contribution < 1.29 is 9.53 Å². The summed E-state index contributed by atoms with van der Waals surface area (Å²) in [4.78, 5) is 13.3. The molecule has 3 heteroatoms. The Morgan fingerprint density at radius 1 is 1.09 bits per heavy atom. The van der Waals surface area contributed by atoms with Crippen molar-refractivity contribution in [3.63, 3.8) is 0 Å². The Bertz CT molecular complexity index is 889. The summed E-state index contributed by atoms with van der Waals surface area (Å²) in [5, 5.41) is 1.20. The molecule has 0 spiro atoms. The van der Waals surface area contributed by atoms with Gasteiger partial charge < -0.3 is 4.74 Å². The zero-order chi connectivity index (χ0) is 16.0. The summed E-state index contributed by atoms with van der Waals surface area (Å²) in [5.41, 5.74) is 2.73. The maximum atomic E-state index is 12.1. The molecule has 114 valence electrons. The highest BCUT2D eigenvalue weighted by atomic mass is 32.1. The first-order chi connectivity index (χ1) is 11.1. The molecule has 1 aliphatic heterocycles. The van der Waals surface area contributed by atoms with E-state index in [2.05, 4.69) is 30.8 Å². The second kappa shape index (κ2) is 5.36. The van der Waals surface area contributed by atoms with E-state index in [0.29, 0.717) is 5.57 Å². The molecule has 0 aliphatic carbocycles. The number of ether oxygens (including phenoxy) is 1. The Balaban J connectivity index is 1.82. The van der Waals surface area contributed by atoms with Gasteiger partial charge in [-0.2, -0.15) is 0 Å². The predicted octanol–water partition coefficient (Wildman–Crippen LogP) is 5.15. The highest BCUT2D eigenvalue weighted by molar-refractivity contribution is 7.19. The van der Waals surface area contributed by atoms with Crippen LogP contribution >= 0.6 is 11.3 Å². The summed E-state index contributed by atoms with van der Waals surface area (Å²) in [6.07, 6.45) is -0.289. The van der Waals surface area contributed by atoms with Crippen LogP contribution in [0.2, 0.25) is 0 Å². The van der Waals surface area contributed by atoms with Crippen LogP contribution in [0, 0.1) is 6.92 Å². The molecule has 0 saturated carbocycles. The first kappa shape index (κ1) is 14.2. The van der Waals surface area contributed by atoms with E-state index in [4.69, 9.17) is 4.74 Å². The number of cyclic esters (lactones) is 1. The van der Waals surface area contributed by atoms with Gasteiger partial charge in [0.25, 0.3) is 0 Å². The van der Waals surface area contributed by atoms with Gasteiger partial charge >= 0.3 is 5.97 Å². The predicted molar refractivity (Wildman–Crippen MR) is 93.7 cm³/mol. The summed E-state index contributed by atoms with van der Waals surface area (Å²) in [5.74, 6) is -0.402. The van der Waals surface area contributed by atoms with Gasteiger partial charge in [-0.05, 0) is 30.0 Å². The van der Waals surface area contributed by atoms with Crippen molar-refractivity contribution in [3.8, 4) is 0 Å². The summed E-state index contributed by atoms with van der Waals surface area (Å²) in [6, 6.07) is 18.6. The molecule has 2 aromatic carbocycles. The van der Waals surface area contributed by atoms with Crippen molar-refractivity contribution in [2.45, 2.75) is 18.9 Å². The van der Waals surface area contributed by atoms with Crippen molar-refractivity contribution in [1.82, 2.24) is 0 Å². The summed E-state index contributed by atoms with van der Waals surface area (Å²) in [6.45, 7) is 6.04. The Morgan fingerprint density at radius 3 is 2.70 bits per heavy atom. The summed E-state index contributed by atoms with van der Waals surface area (Å²) < 4.78 is 6.87. The van der Waals surface area contributed by atoms with E-state index in [1.54, 1.807) is 11.3 Å². The molecule has 1 aliphatic rings. The van der Waals surface area contributed by atoms with Gasteiger partial charge in [0.15, 0.2) is 0 Å². The maximum Gasteiger partial charge on any atom is 0.334 e. The number of aryl methyl sites for hydroxylation is 1. The first-order valence-electron chi connectivity index (χ1n) is 7.58. The van der Waals surface area contributed by atoms with E-state index in [-0.39, 0.29) is 18.0 Å². The molecule has 23 heavy (non-hydrogen) atoms. The standard InChI is InChI=1S/C20H16O2S/c1-12-6-5-8-15(10-12)19-18(13(2)20(21)22-19)17-11-14-7-3-4-9-16(14)23-17/h3-11,18-19H,2H2,1H3. The SMILES string of the molecule is C=C1C(=O)OC(c2cccc(C)c2)C1c1cc2ccccc2s1. The fourth-order valence-corrected chi connectivity index (χ4v) is 4.38. The van der Waals surface area contributed by atoms with Crippen LogP contribution in [0.25, 0.3) is 10.1 Å². The third-order valence-electron chi connectivity index (χ3n) is 4.30. The lowest BCUT2D eigenvalue weighted by molar-refractivity contribution is -0.139. The Morgan fingerprint density at radius 2 is 1.91 bits per heavy atom. The number of esters is 1. The van der Waals surface area contributed by atoms with Crippen molar-refractivity contribution in [3.05, 3.63) is 82.8 Å². The number of carbonyl (C=O) groups excluding carboxylic acids is 1. The smallest absolute Gasteiger partial charge is 0.334 e. The molecule has 3 aromatic rings. The lowest BCUT2D eigenvalue weighted by Gasteiger charge is -2.17. The lowest BCUT2D eigenvalue weighted by atomic mass is 9.90. The van der Waals surface area contributed by atoms with Gasteiger partial charge in [0.05, 0.1) is 5.92 Å². The normalized spacial score (nSPS) is 20.9. The molecule has 0 bridgehead atoms. The minimum Gasteiger partial charge on any atom is -0.453 e. The van der Waals surface area contributed by atoms with Gasteiger partial charge in [-0.15, -0.1) is 11.3 Å². The number of hydrogen-bond acceptors (Lipinski definition) is 3. The highest BCUT2D eigenvalue weighted by Crippen LogP contribution is 2.48. The van der Waals surface area contributed by atoms with Crippen LogP contribution < -0.4 is 0 Å². The van der Waals surface area contributed by atoms with Crippen LogP contribution in [-0.2, 0) is 9.53 Å². The average Bonchev–Trinajstić information content (AvgIpc) is 3.09. The fourth-order valence-electron chi connectivity index (χ4n) is 3.15. The van der Waals surface area contributed by atoms with Gasteiger partial charge in [0.2, 0.25) is 0 Å². The van der Waals surface area contributed by atoms with Crippen LogP contribution in [0.1, 0.15) is 28.0 Å². The van der Waals surface area contributed by atoms with Gasteiger partial charge in [-0.1, -0.05) is 54.6 Å². The fraction of sp³-hybridized carbons (Fsp3) is 0.150. The molecule has 0 N–H and O–H groups in total. The molecule has 2 nitrogen and oxygen atoms in total. The number of hydrogen-bond donors (Lipinski definition) is 0. The van der Waals surface area contributed by atoms with Crippen molar-refractivity contribution >= 4 is 27.4 Å². The largest absolute Gasteiger partial charge is 0.453 e. The Labute approximate surface area is 139 Å². The summed E-state index contributed by atoms with van der Waals surface area (Å²) in [7, 11) is 0. The topological polar surface area (TPSA) is 26.3 Å². The molecule has 0 amide bonds.